The number of fused-ring (bicyclic) bond motifs is 1. The molecule has 0 aromatic carbocycles. The molecule has 2 fully saturated rings. The Hall–Kier alpha value is -1.14. The van der Waals surface area contributed by atoms with E-state index < -0.39 is 10.0 Å². The molecule has 0 bridgehead atoms. The van der Waals surface area contributed by atoms with Crippen LogP contribution in [0.3, 0.4) is 0 Å². The van der Waals surface area contributed by atoms with Crippen LogP contribution in [-0.4, -0.2) is 36.8 Å². The smallest absolute Gasteiger partial charge is 0.262 e. The number of sulfonamides is 1. The van der Waals surface area contributed by atoms with Crippen LogP contribution in [0.5, 0.6) is 0 Å². The highest BCUT2D eigenvalue weighted by Crippen LogP contribution is 2.39. The molecule has 2 heterocycles. The summed E-state index contributed by atoms with van der Waals surface area (Å²) in [7, 11) is -3.51. The van der Waals surface area contributed by atoms with Crippen molar-refractivity contribution in [1.82, 2.24) is 9.29 Å². The van der Waals surface area contributed by atoms with Gasteiger partial charge in [0.2, 0.25) is 0 Å². The van der Waals surface area contributed by atoms with Gasteiger partial charge in [0, 0.05) is 25.3 Å². The zero-order valence-corrected chi connectivity index (χ0v) is 13.3. The normalized spacial score (nSPS) is 26.5. The Morgan fingerprint density at radius 3 is 2.95 bits per heavy atom. The minimum absolute atomic E-state index is 0.180. The SMILES string of the molecule is CCNc1cccnc1S(=O)(=O)N1CCCC2CCCC21. The molecule has 1 aromatic rings. The van der Waals surface area contributed by atoms with Crippen molar-refractivity contribution < 1.29 is 8.42 Å². The predicted octanol–water partition coefficient (Wildman–Crippen LogP) is 2.47. The molecule has 2 atom stereocenters. The average molecular weight is 309 g/mol. The Bertz CT molecular complexity index is 603. The molecule has 0 spiro atoms. The summed E-state index contributed by atoms with van der Waals surface area (Å²) in [5.41, 5.74) is 0.611. The highest BCUT2D eigenvalue weighted by molar-refractivity contribution is 7.89. The van der Waals surface area contributed by atoms with E-state index in [4.69, 9.17) is 0 Å². The number of hydrogen-bond donors (Lipinski definition) is 1. The third-order valence-corrected chi connectivity index (χ3v) is 6.52. The second-order valence-corrected chi connectivity index (χ2v) is 7.71. The predicted molar refractivity (Wildman–Crippen MR) is 82.7 cm³/mol. The van der Waals surface area contributed by atoms with E-state index in [0.717, 1.165) is 19.3 Å². The number of piperidine rings is 1. The maximum atomic E-state index is 13.0. The first-order valence-electron chi connectivity index (χ1n) is 7.85. The average Bonchev–Trinajstić information content (AvgIpc) is 2.96. The van der Waals surface area contributed by atoms with Crippen molar-refractivity contribution in [3.63, 3.8) is 0 Å². The van der Waals surface area contributed by atoms with E-state index >= 15 is 0 Å². The van der Waals surface area contributed by atoms with Gasteiger partial charge in [-0.1, -0.05) is 6.42 Å². The molecular formula is C15H23N3O2S. The van der Waals surface area contributed by atoms with Crippen molar-refractivity contribution in [3.05, 3.63) is 18.3 Å². The number of aromatic nitrogens is 1. The molecule has 1 aliphatic carbocycles. The second-order valence-electron chi connectivity index (χ2n) is 5.90. The summed E-state index contributed by atoms with van der Waals surface area (Å²) >= 11 is 0. The Balaban J connectivity index is 1.96. The molecule has 0 radical (unpaired) electrons. The molecule has 116 valence electrons. The van der Waals surface area contributed by atoms with Crippen LogP contribution in [0.4, 0.5) is 5.69 Å². The summed E-state index contributed by atoms with van der Waals surface area (Å²) < 4.78 is 27.8. The molecule has 3 rings (SSSR count). The zero-order valence-electron chi connectivity index (χ0n) is 12.5. The summed E-state index contributed by atoms with van der Waals surface area (Å²) in [6.07, 6.45) is 6.99. The lowest BCUT2D eigenvalue weighted by atomic mass is 9.94. The lowest BCUT2D eigenvalue weighted by molar-refractivity contribution is 0.201. The van der Waals surface area contributed by atoms with E-state index in [9.17, 15) is 8.42 Å². The van der Waals surface area contributed by atoms with Gasteiger partial charge in [-0.05, 0) is 50.7 Å². The van der Waals surface area contributed by atoms with Crippen LogP contribution in [-0.2, 0) is 10.0 Å². The molecule has 5 nitrogen and oxygen atoms in total. The van der Waals surface area contributed by atoms with Crippen LogP contribution in [0.15, 0.2) is 23.4 Å². The highest BCUT2D eigenvalue weighted by Gasteiger charge is 2.42. The van der Waals surface area contributed by atoms with E-state index in [0.29, 0.717) is 24.7 Å². The van der Waals surface area contributed by atoms with E-state index in [2.05, 4.69) is 10.3 Å². The minimum atomic E-state index is -3.51. The number of nitrogens with zero attached hydrogens (tertiary/aromatic N) is 2. The molecule has 1 N–H and O–H groups in total. The Morgan fingerprint density at radius 1 is 1.33 bits per heavy atom. The summed E-state index contributed by atoms with van der Waals surface area (Å²) in [5, 5.41) is 3.29. The first-order valence-corrected chi connectivity index (χ1v) is 9.29. The van der Waals surface area contributed by atoms with Gasteiger partial charge in [-0.15, -0.1) is 0 Å². The maximum Gasteiger partial charge on any atom is 0.262 e. The van der Waals surface area contributed by atoms with Gasteiger partial charge in [0.05, 0.1) is 5.69 Å². The summed E-state index contributed by atoms with van der Waals surface area (Å²) in [6, 6.07) is 3.74. The summed E-state index contributed by atoms with van der Waals surface area (Å²) in [5.74, 6) is 0.542. The third kappa shape index (κ3) is 2.66. The van der Waals surface area contributed by atoms with Gasteiger partial charge in [0.1, 0.15) is 0 Å². The first-order chi connectivity index (χ1) is 10.1. The van der Waals surface area contributed by atoms with Crippen molar-refractivity contribution in [3.8, 4) is 0 Å². The molecule has 6 heteroatoms. The van der Waals surface area contributed by atoms with Gasteiger partial charge >= 0.3 is 0 Å². The van der Waals surface area contributed by atoms with Crippen molar-refractivity contribution in [1.29, 1.82) is 0 Å². The van der Waals surface area contributed by atoms with Gasteiger partial charge in [0.25, 0.3) is 10.0 Å². The number of anilines is 1. The van der Waals surface area contributed by atoms with Gasteiger partial charge < -0.3 is 5.32 Å². The van der Waals surface area contributed by atoms with E-state index in [1.54, 1.807) is 22.6 Å². The maximum absolute atomic E-state index is 13.0. The molecule has 1 saturated heterocycles. The number of hydrogen-bond acceptors (Lipinski definition) is 4. The standard InChI is InChI=1S/C15H23N3O2S/c1-2-16-13-8-4-10-17-15(13)21(19,20)18-11-5-7-12-6-3-9-14(12)18/h4,8,10,12,14,16H,2-3,5-7,9,11H2,1H3. The Morgan fingerprint density at radius 2 is 2.14 bits per heavy atom. The molecule has 0 amide bonds. The van der Waals surface area contributed by atoms with Crippen LogP contribution in [0, 0.1) is 5.92 Å². The fraction of sp³-hybridized carbons (Fsp3) is 0.667. The topological polar surface area (TPSA) is 62.3 Å². The lowest BCUT2D eigenvalue weighted by Gasteiger charge is -2.36. The van der Waals surface area contributed by atoms with Crippen LogP contribution in [0.2, 0.25) is 0 Å². The van der Waals surface area contributed by atoms with Crippen LogP contribution in [0.25, 0.3) is 0 Å². The molecule has 21 heavy (non-hydrogen) atoms. The minimum Gasteiger partial charge on any atom is -0.383 e. The zero-order chi connectivity index (χ0) is 14.9. The number of pyridine rings is 1. The van der Waals surface area contributed by atoms with Crippen molar-refractivity contribution >= 4 is 15.7 Å². The van der Waals surface area contributed by atoms with Crippen LogP contribution in [0.1, 0.15) is 39.0 Å². The first kappa shape index (κ1) is 14.8. The third-order valence-electron chi connectivity index (χ3n) is 4.63. The van der Waals surface area contributed by atoms with Crippen LogP contribution < -0.4 is 5.32 Å². The van der Waals surface area contributed by atoms with E-state index in [-0.39, 0.29) is 11.1 Å². The second kappa shape index (κ2) is 5.93. The number of rotatable bonds is 4. The van der Waals surface area contributed by atoms with Crippen molar-refractivity contribution in [2.45, 2.75) is 50.1 Å². The van der Waals surface area contributed by atoms with Gasteiger partial charge in [0.15, 0.2) is 5.03 Å². The Labute approximate surface area is 126 Å². The molecule has 1 saturated carbocycles. The fourth-order valence-electron chi connectivity index (χ4n) is 3.74. The fourth-order valence-corrected chi connectivity index (χ4v) is 5.58. The van der Waals surface area contributed by atoms with Gasteiger partial charge in [-0.2, -0.15) is 4.31 Å². The van der Waals surface area contributed by atoms with E-state index in [1.807, 2.05) is 6.92 Å². The number of nitrogens with one attached hydrogen (secondary N) is 1. The lowest BCUT2D eigenvalue weighted by Crippen LogP contribution is -2.46. The summed E-state index contributed by atoms with van der Waals surface area (Å²) in [4.78, 5) is 4.17. The molecule has 1 aliphatic heterocycles. The highest BCUT2D eigenvalue weighted by atomic mass is 32.2. The molecule has 1 aromatic heterocycles. The summed E-state index contributed by atoms with van der Waals surface area (Å²) in [6.45, 7) is 3.27. The quantitative estimate of drug-likeness (QED) is 0.928. The van der Waals surface area contributed by atoms with Crippen molar-refractivity contribution in [2.75, 3.05) is 18.4 Å². The largest absolute Gasteiger partial charge is 0.383 e. The molecule has 2 aliphatic rings. The van der Waals surface area contributed by atoms with Crippen LogP contribution >= 0.6 is 0 Å². The monoisotopic (exact) mass is 309 g/mol. The van der Waals surface area contributed by atoms with E-state index in [1.165, 1.54) is 12.8 Å². The Kier molecular flexibility index (Phi) is 4.17. The van der Waals surface area contributed by atoms with Gasteiger partial charge in [-0.25, -0.2) is 13.4 Å². The van der Waals surface area contributed by atoms with Crippen molar-refractivity contribution in [2.24, 2.45) is 5.92 Å². The molecular weight excluding hydrogens is 286 g/mol. The molecule has 2 unspecified atom stereocenters. The van der Waals surface area contributed by atoms with Gasteiger partial charge in [-0.3, -0.25) is 0 Å².